The van der Waals surface area contributed by atoms with Gasteiger partial charge in [-0.15, -0.1) is 0 Å². The van der Waals surface area contributed by atoms with Crippen LogP contribution < -0.4 is 0 Å². The fourth-order valence-electron chi connectivity index (χ4n) is 1.45. The molecule has 1 atom stereocenters. The van der Waals surface area contributed by atoms with Crippen LogP contribution in [0, 0.1) is 0 Å². The third-order valence-corrected chi connectivity index (χ3v) is 4.63. The molecule has 1 saturated heterocycles. The van der Waals surface area contributed by atoms with Crippen LogP contribution in [0.15, 0.2) is 0 Å². The van der Waals surface area contributed by atoms with E-state index in [1.807, 2.05) is 0 Å². The molecule has 0 aromatic heterocycles. The van der Waals surface area contributed by atoms with Crippen molar-refractivity contribution in [1.82, 2.24) is 4.67 Å². The van der Waals surface area contributed by atoms with Crippen molar-refractivity contribution in [3.05, 3.63) is 0 Å². The summed E-state index contributed by atoms with van der Waals surface area (Å²) in [7, 11) is -0.702. The minimum absolute atomic E-state index is 0.138. The van der Waals surface area contributed by atoms with Gasteiger partial charge in [-0.05, 0) is 0 Å². The van der Waals surface area contributed by atoms with Crippen molar-refractivity contribution in [2.75, 3.05) is 32.9 Å². The number of halogens is 3. The molecule has 1 fully saturated rings. The first-order valence-electron chi connectivity index (χ1n) is 5.21. The van der Waals surface area contributed by atoms with E-state index in [-0.39, 0.29) is 6.61 Å². The monoisotopic (exact) mass is 307 g/mol. The second kappa shape index (κ2) is 6.94. The van der Waals surface area contributed by atoms with Crippen LogP contribution in [-0.4, -0.2) is 47.0 Å². The maximum absolute atomic E-state index is 5.75. The van der Waals surface area contributed by atoms with Crippen LogP contribution in [-0.2, 0) is 9.26 Å². The molecule has 0 amide bonds. The molecule has 1 rings (SSSR count). The highest BCUT2D eigenvalue weighted by molar-refractivity contribution is 7.50. The summed E-state index contributed by atoms with van der Waals surface area (Å²) in [6.45, 7) is 7.68. The van der Waals surface area contributed by atoms with E-state index < -0.39 is 12.1 Å². The summed E-state index contributed by atoms with van der Waals surface area (Å²) in [5.41, 5.74) is 0.417. The Balaban J connectivity index is 2.46. The Morgan fingerprint density at radius 2 is 1.88 bits per heavy atom. The van der Waals surface area contributed by atoms with E-state index in [1.165, 1.54) is 0 Å². The lowest BCUT2D eigenvalue weighted by molar-refractivity contribution is 0.0692. The minimum atomic E-state index is -1.33. The fourth-order valence-corrected chi connectivity index (χ4v) is 3.84. The first kappa shape index (κ1) is 15.2. The van der Waals surface area contributed by atoms with Gasteiger partial charge in [-0.25, -0.2) is 0 Å². The Kier molecular flexibility index (Phi) is 6.61. The molecule has 0 spiro atoms. The topological polar surface area (TPSA) is 21.7 Å². The lowest BCUT2D eigenvalue weighted by Crippen LogP contribution is -2.35. The van der Waals surface area contributed by atoms with Gasteiger partial charge in [-0.3, -0.25) is 4.67 Å². The Morgan fingerprint density at radius 3 is 2.31 bits per heavy atom. The van der Waals surface area contributed by atoms with Crippen LogP contribution in [0.5, 0.6) is 0 Å². The molecule has 3 nitrogen and oxygen atoms in total. The number of rotatable bonds is 4. The average molecular weight is 309 g/mol. The highest BCUT2D eigenvalue weighted by atomic mass is 35.6. The van der Waals surface area contributed by atoms with E-state index in [2.05, 4.69) is 18.5 Å². The maximum Gasteiger partial charge on any atom is 0.213 e. The van der Waals surface area contributed by atoms with E-state index in [4.69, 9.17) is 44.1 Å². The summed E-state index contributed by atoms with van der Waals surface area (Å²) in [6.07, 6.45) is 0. The Hall–Kier alpha value is 1.18. The Morgan fingerprint density at radius 1 is 1.31 bits per heavy atom. The Labute approximate surface area is 113 Å². The average Bonchev–Trinajstić information content (AvgIpc) is 2.17. The summed E-state index contributed by atoms with van der Waals surface area (Å²) in [6, 6.07) is 0. The summed E-state index contributed by atoms with van der Waals surface area (Å²) in [4.78, 5) is 0. The molecule has 96 valence electrons. The summed E-state index contributed by atoms with van der Waals surface area (Å²) in [5.74, 6) is 0. The molecular formula is C9H17Cl3NO2P. The summed E-state index contributed by atoms with van der Waals surface area (Å²) >= 11 is 17.1. The van der Waals surface area contributed by atoms with Gasteiger partial charge in [0, 0.05) is 18.7 Å². The minimum Gasteiger partial charge on any atom is -0.379 e. The van der Waals surface area contributed by atoms with Gasteiger partial charge in [0.15, 0.2) is 0 Å². The van der Waals surface area contributed by atoms with Crippen molar-refractivity contribution in [3.8, 4) is 0 Å². The van der Waals surface area contributed by atoms with E-state index in [0.29, 0.717) is 5.66 Å². The van der Waals surface area contributed by atoms with Gasteiger partial charge in [0.05, 0.1) is 19.8 Å². The molecule has 1 aliphatic heterocycles. The first-order chi connectivity index (χ1) is 7.40. The van der Waals surface area contributed by atoms with E-state index in [1.54, 1.807) is 0 Å². The zero-order valence-electron chi connectivity index (χ0n) is 9.46. The number of alkyl halides is 3. The highest BCUT2D eigenvalue weighted by Crippen LogP contribution is 2.48. The van der Waals surface area contributed by atoms with Gasteiger partial charge >= 0.3 is 0 Å². The summed E-state index contributed by atoms with van der Waals surface area (Å²) < 4.78 is 12.0. The maximum atomic E-state index is 5.75. The SMILES string of the molecule is CC(C)P(OCC(Cl)(Cl)Cl)N1CCOCC1. The lowest BCUT2D eigenvalue weighted by atomic mass is 10.5. The van der Waals surface area contributed by atoms with Crippen molar-refractivity contribution in [2.45, 2.75) is 23.3 Å². The molecule has 0 aromatic carbocycles. The zero-order valence-corrected chi connectivity index (χ0v) is 12.6. The van der Waals surface area contributed by atoms with Crippen LogP contribution in [0.1, 0.15) is 13.8 Å². The van der Waals surface area contributed by atoms with Crippen LogP contribution in [0.2, 0.25) is 0 Å². The van der Waals surface area contributed by atoms with Gasteiger partial charge in [0.2, 0.25) is 3.79 Å². The molecule has 0 N–H and O–H groups in total. The molecule has 0 radical (unpaired) electrons. The predicted molar refractivity (Wildman–Crippen MR) is 70.7 cm³/mol. The van der Waals surface area contributed by atoms with E-state index in [9.17, 15) is 0 Å². The molecule has 0 saturated carbocycles. The second-order valence-electron chi connectivity index (χ2n) is 3.85. The standard InChI is InChI=1S/C9H17Cl3NO2P/c1-8(2)16(15-7-9(10,11)12)13-3-5-14-6-4-13/h8H,3-7H2,1-2H3. The van der Waals surface area contributed by atoms with Gasteiger partial charge in [0.25, 0.3) is 0 Å². The number of hydrogen-bond donors (Lipinski definition) is 0. The summed E-state index contributed by atoms with van der Waals surface area (Å²) in [5, 5.41) is 0. The number of ether oxygens (including phenoxy) is 1. The van der Waals surface area contributed by atoms with E-state index in [0.717, 1.165) is 26.3 Å². The normalized spacial score (nSPS) is 21.4. The van der Waals surface area contributed by atoms with Crippen LogP contribution in [0.25, 0.3) is 0 Å². The van der Waals surface area contributed by atoms with Crippen molar-refractivity contribution in [3.63, 3.8) is 0 Å². The number of morpholine rings is 1. The van der Waals surface area contributed by atoms with Crippen LogP contribution in [0.3, 0.4) is 0 Å². The van der Waals surface area contributed by atoms with Crippen molar-refractivity contribution < 1.29 is 9.26 Å². The van der Waals surface area contributed by atoms with Gasteiger partial charge in [-0.2, -0.15) is 0 Å². The lowest BCUT2D eigenvalue weighted by Gasteiger charge is -2.36. The van der Waals surface area contributed by atoms with Gasteiger partial charge in [0.1, 0.15) is 8.30 Å². The van der Waals surface area contributed by atoms with Crippen molar-refractivity contribution >= 4 is 43.1 Å². The van der Waals surface area contributed by atoms with E-state index >= 15 is 0 Å². The van der Waals surface area contributed by atoms with Crippen LogP contribution >= 0.6 is 43.1 Å². The fraction of sp³-hybridized carbons (Fsp3) is 1.00. The molecule has 1 unspecified atom stereocenters. The largest absolute Gasteiger partial charge is 0.379 e. The zero-order chi connectivity index (χ0) is 12.2. The molecular weight excluding hydrogens is 291 g/mol. The van der Waals surface area contributed by atoms with Gasteiger partial charge < -0.3 is 9.26 Å². The number of nitrogens with zero attached hydrogens (tertiary/aromatic N) is 1. The molecule has 1 aliphatic rings. The quantitative estimate of drug-likeness (QED) is 0.587. The third-order valence-electron chi connectivity index (χ3n) is 2.07. The smallest absolute Gasteiger partial charge is 0.213 e. The van der Waals surface area contributed by atoms with Crippen LogP contribution in [0.4, 0.5) is 0 Å². The Bertz CT molecular complexity index is 207. The molecule has 16 heavy (non-hydrogen) atoms. The molecule has 0 aromatic rings. The number of hydrogen-bond acceptors (Lipinski definition) is 3. The highest BCUT2D eigenvalue weighted by Gasteiger charge is 2.29. The molecule has 7 heteroatoms. The third kappa shape index (κ3) is 5.68. The van der Waals surface area contributed by atoms with Crippen molar-refractivity contribution in [1.29, 1.82) is 0 Å². The molecule has 0 aliphatic carbocycles. The van der Waals surface area contributed by atoms with Crippen molar-refractivity contribution in [2.24, 2.45) is 0 Å². The second-order valence-corrected chi connectivity index (χ2v) is 8.83. The molecule has 1 heterocycles. The molecule has 0 bridgehead atoms. The first-order valence-corrected chi connectivity index (χ1v) is 7.63. The predicted octanol–water partition coefficient (Wildman–Crippen LogP) is 3.43. The van der Waals surface area contributed by atoms with Gasteiger partial charge in [-0.1, -0.05) is 48.7 Å².